The lowest BCUT2D eigenvalue weighted by Gasteiger charge is -2.32. The van der Waals surface area contributed by atoms with Crippen molar-refractivity contribution in [2.45, 2.75) is 23.3 Å². The molecule has 30 heavy (non-hydrogen) atoms. The smallest absolute Gasteiger partial charge is 0.233 e. The number of ether oxygens (including phenoxy) is 1. The van der Waals surface area contributed by atoms with E-state index in [1.165, 1.54) is 11.8 Å². The molecule has 1 saturated heterocycles. The Labute approximate surface area is 183 Å². The van der Waals surface area contributed by atoms with Crippen molar-refractivity contribution in [3.05, 3.63) is 60.8 Å². The van der Waals surface area contributed by atoms with E-state index in [1.54, 1.807) is 17.5 Å². The monoisotopic (exact) mass is 435 g/mol. The molecule has 0 aliphatic carbocycles. The summed E-state index contributed by atoms with van der Waals surface area (Å²) in [7, 11) is 0. The number of thiazole rings is 1. The van der Waals surface area contributed by atoms with Crippen LogP contribution < -0.4 is 4.74 Å². The van der Waals surface area contributed by atoms with Crippen molar-refractivity contribution in [3.63, 3.8) is 0 Å². The number of benzene rings is 2. The van der Waals surface area contributed by atoms with E-state index in [-0.39, 0.29) is 12.0 Å². The number of hydrogen-bond acceptors (Lipinski definition) is 6. The molecule has 0 unspecified atom stereocenters. The van der Waals surface area contributed by atoms with Gasteiger partial charge >= 0.3 is 0 Å². The molecule has 0 atom stereocenters. The van der Waals surface area contributed by atoms with Crippen LogP contribution in [-0.2, 0) is 4.79 Å². The first-order chi connectivity index (χ1) is 14.8. The van der Waals surface area contributed by atoms with Crippen LogP contribution in [0, 0.1) is 0 Å². The Morgan fingerprint density at radius 2 is 1.93 bits per heavy atom. The molecule has 0 N–H and O–H groups in total. The number of carbonyl (C=O) groups excluding carboxylic acids is 1. The number of pyridine rings is 1. The summed E-state index contributed by atoms with van der Waals surface area (Å²) in [5, 5.41) is 1.08. The molecule has 3 heterocycles. The zero-order valence-electron chi connectivity index (χ0n) is 16.4. The molecule has 152 valence electrons. The molecule has 2 aromatic heterocycles. The SMILES string of the molecule is O=C(CSc1nc2ccccc2s1)N1CCC(Oc2cccc3cccnc23)CC1. The fraction of sp³-hybridized carbons (Fsp3) is 0.261. The predicted molar refractivity (Wildman–Crippen MR) is 122 cm³/mol. The normalized spacial score (nSPS) is 15.0. The van der Waals surface area contributed by atoms with Gasteiger partial charge in [0.2, 0.25) is 5.91 Å². The molecule has 0 radical (unpaired) electrons. The number of thioether (sulfide) groups is 1. The minimum Gasteiger partial charge on any atom is -0.488 e. The number of nitrogens with zero attached hydrogens (tertiary/aromatic N) is 3. The van der Waals surface area contributed by atoms with Gasteiger partial charge in [0.05, 0.1) is 16.0 Å². The Morgan fingerprint density at radius 1 is 1.10 bits per heavy atom. The third kappa shape index (κ3) is 4.13. The van der Waals surface area contributed by atoms with Crippen molar-refractivity contribution < 1.29 is 9.53 Å². The van der Waals surface area contributed by atoms with E-state index in [2.05, 4.69) is 16.0 Å². The molecular weight excluding hydrogens is 414 g/mol. The van der Waals surface area contributed by atoms with Gasteiger partial charge in [-0.25, -0.2) is 4.98 Å². The lowest BCUT2D eigenvalue weighted by molar-refractivity contribution is -0.130. The quantitative estimate of drug-likeness (QED) is 0.413. The molecule has 1 fully saturated rings. The highest BCUT2D eigenvalue weighted by Crippen LogP contribution is 2.30. The van der Waals surface area contributed by atoms with E-state index < -0.39 is 0 Å². The summed E-state index contributed by atoms with van der Waals surface area (Å²) in [5.74, 6) is 1.42. The van der Waals surface area contributed by atoms with E-state index in [0.717, 1.165) is 57.1 Å². The van der Waals surface area contributed by atoms with Crippen LogP contribution in [-0.4, -0.2) is 45.7 Å². The summed E-state index contributed by atoms with van der Waals surface area (Å²) in [6, 6.07) is 18.1. The van der Waals surface area contributed by atoms with E-state index in [0.29, 0.717) is 5.75 Å². The van der Waals surface area contributed by atoms with Gasteiger partial charge in [-0.2, -0.15) is 0 Å². The number of carbonyl (C=O) groups is 1. The highest BCUT2D eigenvalue weighted by atomic mass is 32.2. The zero-order valence-corrected chi connectivity index (χ0v) is 18.0. The maximum atomic E-state index is 12.7. The number of hydrogen-bond donors (Lipinski definition) is 0. The van der Waals surface area contributed by atoms with Gasteiger partial charge in [0.1, 0.15) is 17.4 Å². The summed E-state index contributed by atoms with van der Waals surface area (Å²) >= 11 is 3.17. The fourth-order valence-electron chi connectivity index (χ4n) is 3.70. The van der Waals surface area contributed by atoms with Crippen LogP contribution in [0.2, 0.25) is 0 Å². The third-order valence-corrected chi connectivity index (χ3v) is 7.44. The van der Waals surface area contributed by atoms with E-state index in [1.807, 2.05) is 53.4 Å². The minimum atomic E-state index is 0.110. The summed E-state index contributed by atoms with van der Waals surface area (Å²) in [6.07, 6.45) is 3.57. The van der Waals surface area contributed by atoms with Crippen molar-refractivity contribution >= 4 is 50.1 Å². The molecule has 5 rings (SSSR count). The molecule has 0 spiro atoms. The Balaban J connectivity index is 1.15. The first-order valence-corrected chi connectivity index (χ1v) is 11.8. The maximum absolute atomic E-state index is 12.7. The molecule has 2 aromatic carbocycles. The van der Waals surface area contributed by atoms with Crippen LogP contribution >= 0.6 is 23.1 Å². The maximum Gasteiger partial charge on any atom is 0.233 e. The second kappa shape index (κ2) is 8.62. The van der Waals surface area contributed by atoms with Crippen molar-refractivity contribution in [1.82, 2.24) is 14.9 Å². The van der Waals surface area contributed by atoms with Crippen LogP contribution in [0.3, 0.4) is 0 Å². The van der Waals surface area contributed by atoms with E-state index >= 15 is 0 Å². The van der Waals surface area contributed by atoms with Gasteiger partial charge in [-0.3, -0.25) is 9.78 Å². The fourth-order valence-corrected chi connectivity index (χ4v) is 5.67. The number of likely N-dealkylation sites (tertiary alicyclic amines) is 1. The van der Waals surface area contributed by atoms with Crippen LogP contribution in [0.25, 0.3) is 21.1 Å². The molecule has 1 amide bonds. The van der Waals surface area contributed by atoms with Crippen LogP contribution in [0.1, 0.15) is 12.8 Å². The second-order valence-corrected chi connectivity index (χ2v) is 9.52. The molecule has 0 bridgehead atoms. The van der Waals surface area contributed by atoms with E-state index in [4.69, 9.17) is 4.74 Å². The van der Waals surface area contributed by atoms with Crippen molar-refractivity contribution in [3.8, 4) is 5.75 Å². The number of rotatable bonds is 5. The Morgan fingerprint density at radius 3 is 2.80 bits per heavy atom. The molecule has 0 saturated carbocycles. The number of aromatic nitrogens is 2. The molecular formula is C23H21N3O2S2. The standard InChI is InChI=1S/C23H21N3O2S2/c27-21(15-29-23-25-18-7-1-2-9-20(18)30-23)26-13-10-17(11-14-26)28-19-8-3-5-16-6-4-12-24-22(16)19/h1-9,12,17H,10-11,13-15H2. The molecule has 1 aliphatic rings. The molecule has 5 nitrogen and oxygen atoms in total. The number of fused-ring (bicyclic) bond motifs is 2. The summed E-state index contributed by atoms with van der Waals surface area (Å²) < 4.78 is 8.36. The first-order valence-electron chi connectivity index (χ1n) is 10.0. The van der Waals surface area contributed by atoms with Crippen molar-refractivity contribution in [2.24, 2.45) is 0 Å². The summed E-state index contributed by atoms with van der Waals surface area (Å²) in [5.41, 5.74) is 1.89. The van der Waals surface area contributed by atoms with Crippen LogP contribution in [0.5, 0.6) is 5.75 Å². The second-order valence-electron chi connectivity index (χ2n) is 7.27. The topological polar surface area (TPSA) is 55.3 Å². The number of para-hydroxylation sites is 2. The average Bonchev–Trinajstić information content (AvgIpc) is 3.21. The third-order valence-electron chi connectivity index (χ3n) is 5.28. The van der Waals surface area contributed by atoms with Crippen LogP contribution in [0.15, 0.2) is 65.1 Å². The Kier molecular flexibility index (Phi) is 5.55. The molecule has 4 aromatic rings. The van der Waals surface area contributed by atoms with Crippen molar-refractivity contribution in [2.75, 3.05) is 18.8 Å². The van der Waals surface area contributed by atoms with Gasteiger partial charge in [-0.05, 0) is 24.3 Å². The summed E-state index contributed by atoms with van der Waals surface area (Å²) in [6.45, 7) is 1.45. The minimum absolute atomic E-state index is 0.110. The Hall–Kier alpha value is -2.64. The Bertz CT molecular complexity index is 1150. The highest BCUT2D eigenvalue weighted by Gasteiger charge is 2.24. The summed E-state index contributed by atoms with van der Waals surface area (Å²) in [4.78, 5) is 23.7. The zero-order chi connectivity index (χ0) is 20.3. The predicted octanol–water partition coefficient (Wildman–Crippen LogP) is 5.01. The highest BCUT2D eigenvalue weighted by molar-refractivity contribution is 8.01. The van der Waals surface area contributed by atoms with Gasteiger partial charge < -0.3 is 9.64 Å². The molecule has 1 aliphatic heterocycles. The first kappa shape index (κ1) is 19.3. The number of amides is 1. The lowest BCUT2D eigenvalue weighted by atomic mass is 10.1. The van der Waals surface area contributed by atoms with Gasteiger partial charge in [0.15, 0.2) is 4.34 Å². The van der Waals surface area contributed by atoms with Gasteiger partial charge in [0.25, 0.3) is 0 Å². The largest absolute Gasteiger partial charge is 0.488 e. The number of piperidine rings is 1. The lowest BCUT2D eigenvalue weighted by Crippen LogP contribution is -2.42. The van der Waals surface area contributed by atoms with E-state index in [9.17, 15) is 4.79 Å². The molecule has 7 heteroatoms. The van der Waals surface area contributed by atoms with Gasteiger partial charge in [-0.1, -0.05) is 42.1 Å². The van der Waals surface area contributed by atoms with Gasteiger partial charge in [-0.15, -0.1) is 11.3 Å². The average molecular weight is 436 g/mol. The van der Waals surface area contributed by atoms with Crippen molar-refractivity contribution in [1.29, 1.82) is 0 Å². The van der Waals surface area contributed by atoms with Crippen LogP contribution in [0.4, 0.5) is 0 Å². The van der Waals surface area contributed by atoms with Gasteiger partial charge in [0, 0.05) is 37.5 Å².